The quantitative estimate of drug-likeness (QED) is 0.409. The van der Waals surface area contributed by atoms with Crippen LogP contribution < -0.4 is 14.3 Å². The van der Waals surface area contributed by atoms with Crippen LogP contribution in [0.3, 0.4) is 0 Å². The van der Waals surface area contributed by atoms with E-state index in [9.17, 15) is 4.79 Å². The summed E-state index contributed by atoms with van der Waals surface area (Å²) in [6.45, 7) is 5.46. The molecule has 3 aromatic carbocycles. The van der Waals surface area contributed by atoms with E-state index in [1.807, 2.05) is 59.2 Å². The molecule has 32 heavy (non-hydrogen) atoms. The molecule has 0 unspecified atom stereocenters. The number of rotatable bonds is 5. The highest BCUT2D eigenvalue weighted by Crippen LogP contribution is 2.35. The number of benzene rings is 3. The predicted octanol–water partition coefficient (Wildman–Crippen LogP) is 4.99. The van der Waals surface area contributed by atoms with E-state index in [-0.39, 0.29) is 5.91 Å². The highest BCUT2D eigenvalue weighted by Gasteiger charge is 2.16. The number of ether oxygens (including phenoxy) is 2. The van der Waals surface area contributed by atoms with E-state index in [1.165, 1.54) is 16.9 Å². The van der Waals surface area contributed by atoms with Crippen LogP contribution in [0.2, 0.25) is 0 Å². The molecule has 1 amide bonds. The fourth-order valence-electron chi connectivity index (χ4n) is 3.75. The maximum Gasteiger partial charge on any atom is 0.279 e. The molecule has 5 rings (SSSR count). The van der Waals surface area contributed by atoms with Gasteiger partial charge in [-0.3, -0.25) is 4.79 Å². The second-order valence-electron chi connectivity index (χ2n) is 7.52. The van der Waals surface area contributed by atoms with Crippen LogP contribution in [0.25, 0.3) is 10.2 Å². The maximum absolute atomic E-state index is 12.9. The Morgan fingerprint density at radius 2 is 1.69 bits per heavy atom. The standard InChI is InChI=1S/C26H22N2O3S/c1-2-12-28-21-16-22-23(31-14-13-30-22)17-24(21)32-26(28)27-25(29)20-10-8-19(9-11-20)15-18-6-4-3-5-7-18/h2-11,16-17H,1,12-15H2. The van der Waals surface area contributed by atoms with Gasteiger partial charge in [-0.1, -0.05) is 59.9 Å². The summed E-state index contributed by atoms with van der Waals surface area (Å²) in [7, 11) is 0. The average Bonchev–Trinajstić information content (AvgIpc) is 3.14. The zero-order chi connectivity index (χ0) is 21.9. The summed E-state index contributed by atoms with van der Waals surface area (Å²) >= 11 is 1.46. The van der Waals surface area contributed by atoms with E-state index in [1.54, 1.807) is 6.08 Å². The van der Waals surface area contributed by atoms with Gasteiger partial charge in [0.2, 0.25) is 0 Å². The minimum absolute atomic E-state index is 0.266. The third kappa shape index (κ3) is 4.09. The normalized spacial score (nSPS) is 13.3. The minimum Gasteiger partial charge on any atom is -0.486 e. The molecular formula is C26H22N2O3S. The number of hydrogen-bond donors (Lipinski definition) is 0. The van der Waals surface area contributed by atoms with Crippen molar-refractivity contribution in [3.05, 3.63) is 101 Å². The Bertz CT molecular complexity index is 1350. The molecule has 6 heteroatoms. The first kappa shape index (κ1) is 20.3. The first-order valence-electron chi connectivity index (χ1n) is 10.5. The summed E-state index contributed by atoms with van der Waals surface area (Å²) in [5.74, 6) is 1.17. The Morgan fingerprint density at radius 1 is 1.00 bits per heavy atom. The molecule has 0 N–H and O–H groups in total. The van der Waals surface area contributed by atoms with Gasteiger partial charge in [0, 0.05) is 24.2 Å². The van der Waals surface area contributed by atoms with Gasteiger partial charge in [-0.2, -0.15) is 4.99 Å². The summed E-state index contributed by atoms with van der Waals surface area (Å²) in [5, 5.41) is 0. The first-order valence-corrected chi connectivity index (χ1v) is 11.3. The van der Waals surface area contributed by atoms with E-state index in [0.717, 1.165) is 28.0 Å². The molecule has 0 saturated heterocycles. The molecule has 0 bridgehead atoms. The lowest BCUT2D eigenvalue weighted by Crippen LogP contribution is -2.17. The molecular weight excluding hydrogens is 420 g/mol. The summed E-state index contributed by atoms with van der Waals surface area (Å²) in [5.41, 5.74) is 3.91. The van der Waals surface area contributed by atoms with E-state index in [4.69, 9.17) is 9.47 Å². The molecule has 5 nitrogen and oxygen atoms in total. The summed E-state index contributed by atoms with van der Waals surface area (Å²) in [6.07, 6.45) is 2.63. The third-order valence-corrected chi connectivity index (χ3v) is 6.35. The number of nitrogens with zero attached hydrogens (tertiary/aromatic N) is 2. The number of amides is 1. The van der Waals surface area contributed by atoms with Gasteiger partial charge < -0.3 is 14.0 Å². The SMILES string of the molecule is C=CCn1c(=NC(=O)c2ccc(Cc3ccccc3)cc2)sc2cc3c(cc21)OCCO3. The predicted molar refractivity (Wildman–Crippen MR) is 127 cm³/mol. The van der Waals surface area contributed by atoms with Crippen LogP contribution in [0, 0.1) is 0 Å². The van der Waals surface area contributed by atoms with Gasteiger partial charge in [0.25, 0.3) is 5.91 Å². The zero-order valence-corrected chi connectivity index (χ0v) is 18.3. The second-order valence-corrected chi connectivity index (χ2v) is 8.53. The Kier molecular flexibility index (Phi) is 5.60. The Balaban J connectivity index is 1.47. The monoisotopic (exact) mass is 442 g/mol. The van der Waals surface area contributed by atoms with Crippen LogP contribution in [-0.2, 0) is 13.0 Å². The van der Waals surface area contributed by atoms with Gasteiger partial charge >= 0.3 is 0 Å². The van der Waals surface area contributed by atoms with E-state index < -0.39 is 0 Å². The number of carbonyl (C=O) groups excluding carboxylic acids is 1. The largest absolute Gasteiger partial charge is 0.486 e. The second kappa shape index (κ2) is 8.85. The van der Waals surface area contributed by atoms with Crippen LogP contribution in [0.1, 0.15) is 21.5 Å². The van der Waals surface area contributed by atoms with Crippen LogP contribution in [0.4, 0.5) is 0 Å². The van der Waals surface area contributed by atoms with E-state index in [2.05, 4.69) is 23.7 Å². The molecule has 160 valence electrons. The average molecular weight is 443 g/mol. The summed E-state index contributed by atoms with van der Waals surface area (Å²) in [6, 6.07) is 21.8. The van der Waals surface area contributed by atoms with Crippen molar-refractivity contribution in [2.75, 3.05) is 13.2 Å². The van der Waals surface area contributed by atoms with Gasteiger partial charge in [-0.15, -0.1) is 6.58 Å². The number of fused-ring (bicyclic) bond motifs is 2. The van der Waals surface area contributed by atoms with Gasteiger partial charge in [-0.25, -0.2) is 0 Å². The molecule has 1 aliphatic rings. The lowest BCUT2D eigenvalue weighted by Gasteiger charge is -2.18. The van der Waals surface area contributed by atoms with Crippen molar-refractivity contribution >= 4 is 27.5 Å². The van der Waals surface area contributed by atoms with E-state index in [0.29, 0.717) is 35.9 Å². The van der Waals surface area contributed by atoms with Crippen LogP contribution in [-0.4, -0.2) is 23.7 Å². The first-order chi connectivity index (χ1) is 15.7. The maximum atomic E-state index is 12.9. The lowest BCUT2D eigenvalue weighted by molar-refractivity contribution is 0.0998. The van der Waals surface area contributed by atoms with Crippen LogP contribution in [0.15, 0.2) is 84.4 Å². The van der Waals surface area contributed by atoms with Crippen molar-refractivity contribution < 1.29 is 14.3 Å². The topological polar surface area (TPSA) is 52.8 Å². The number of aromatic nitrogens is 1. The molecule has 1 aliphatic heterocycles. The van der Waals surface area contributed by atoms with Gasteiger partial charge in [0.15, 0.2) is 16.3 Å². The van der Waals surface area contributed by atoms with Gasteiger partial charge in [0.1, 0.15) is 13.2 Å². The molecule has 0 atom stereocenters. The molecule has 2 heterocycles. The molecule has 0 fully saturated rings. The van der Waals surface area contributed by atoms with Crippen molar-refractivity contribution in [2.24, 2.45) is 4.99 Å². The molecule has 0 saturated carbocycles. The van der Waals surface area contributed by atoms with Crippen molar-refractivity contribution in [2.45, 2.75) is 13.0 Å². The Morgan fingerprint density at radius 3 is 2.41 bits per heavy atom. The van der Waals surface area contributed by atoms with Crippen LogP contribution in [0.5, 0.6) is 11.5 Å². The number of allylic oxidation sites excluding steroid dienone is 1. The fraction of sp³-hybridized carbons (Fsp3) is 0.154. The van der Waals surface area contributed by atoms with Crippen molar-refractivity contribution in [3.8, 4) is 11.5 Å². The highest BCUT2D eigenvalue weighted by atomic mass is 32.1. The summed E-state index contributed by atoms with van der Waals surface area (Å²) < 4.78 is 14.4. The van der Waals surface area contributed by atoms with Crippen molar-refractivity contribution in [1.29, 1.82) is 0 Å². The number of carbonyl (C=O) groups is 1. The number of hydrogen-bond acceptors (Lipinski definition) is 4. The Hall–Kier alpha value is -3.64. The van der Waals surface area contributed by atoms with Gasteiger partial charge in [-0.05, 0) is 29.7 Å². The minimum atomic E-state index is -0.266. The Labute approximate surface area is 189 Å². The fourth-order valence-corrected chi connectivity index (χ4v) is 4.79. The number of thiazole rings is 1. The molecule has 0 aliphatic carbocycles. The zero-order valence-electron chi connectivity index (χ0n) is 17.5. The third-order valence-electron chi connectivity index (χ3n) is 5.31. The summed E-state index contributed by atoms with van der Waals surface area (Å²) in [4.78, 5) is 18.0. The highest BCUT2D eigenvalue weighted by molar-refractivity contribution is 7.16. The molecule has 4 aromatic rings. The van der Waals surface area contributed by atoms with Crippen molar-refractivity contribution in [1.82, 2.24) is 4.57 Å². The molecule has 0 radical (unpaired) electrons. The van der Waals surface area contributed by atoms with Crippen LogP contribution >= 0.6 is 11.3 Å². The van der Waals surface area contributed by atoms with E-state index >= 15 is 0 Å². The molecule has 0 spiro atoms. The molecule has 1 aromatic heterocycles. The van der Waals surface area contributed by atoms with Gasteiger partial charge in [0.05, 0.1) is 10.2 Å². The van der Waals surface area contributed by atoms with Crippen molar-refractivity contribution in [3.63, 3.8) is 0 Å². The smallest absolute Gasteiger partial charge is 0.279 e. The lowest BCUT2D eigenvalue weighted by atomic mass is 10.0.